The third-order valence-corrected chi connectivity index (χ3v) is 4.17. The summed E-state index contributed by atoms with van der Waals surface area (Å²) in [5.74, 6) is -0.536. The summed E-state index contributed by atoms with van der Waals surface area (Å²) in [6.07, 6.45) is 1.42. The number of hydrogen-bond donors (Lipinski definition) is 2. The maximum atomic E-state index is 12.8. The zero-order valence-electron chi connectivity index (χ0n) is 14.3. The summed E-state index contributed by atoms with van der Waals surface area (Å²) < 4.78 is 5.09. The van der Waals surface area contributed by atoms with Crippen LogP contribution in [0.3, 0.4) is 0 Å². The number of carbonyl (C=O) groups is 2. The fraction of sp³-hybridized carbons (Fsp3) is 0. The molecule has 0 fully saturated rings. The largest absolute Gasteiger partial charge is 0.459 e. The van der Waals surface area contributed by atoms with E-state index in [2.05, 4.69) is 10.6 Å². The van der Waals surface area contributed by atoms with Gasteiger partial charge in [-0.1, -0.05) is 42.5 Å². The SMILES string of the molecule is O=C(Nc1ccccc1C(=O)Nc1ccc2ccccc2c1)c1ccco1. The van der Waals surface area contributed by atoms with Gasteiger partial charge in [0.1, 0.15) is 0 Å². The second kappa shape index (κ2) is 7.17. The molecule has 0 spiro atoms. The lowest BCUT2D eigenvalue weighted by Gasteiger charge is -2.11. The molecular weight excluding hydrogens is 340 g/mol. The van der Waals surface area contributed by atoms with Gasteiger partial charge in [-0.2, -0.15) is 0 Å². The fourth-order valence-corrected chi connectivity index (χ4v) is 2.85. The van der Waals surface area contributed by atoms with Gasteiger partial charge in [0.15, 0.2) is 5.76 Å². The molecule has 5 heteroatoms. The van der Waals surface area contributed by atoms with Crippen LogP contribution in [0.2, 0.25) is 0 Å². The van der Waals surface area contributed by atoms with Crippen LogP contribution in [0.4, 0.5) is 11.4 Å². The highest BCUT2D eigenvalue weighted by Gasteiger charge is 2.15. The lowest BCUT2D eigenvalue weighted by Crippen LogP contribution is -2.18. The Kier molecular flexibility index (Phi) is 4.41. The minimum absolute atomic E-state index is 0.180. The van der Waals surface area contributed by atoms with Gasteiger partial charge >= 0.3 is 0 Å². The molecule has 5 nitrogen and oxygen atoms in total. The molecule has 27 heavy (non-hydrogen) atoms. The van der Waals surface area contributed by atoms with E-state index in [4.69, 9.17) is 4.42 Å². The van der Waals surface area contributed by atoms with Crippen molar-refractivity contribution in [1.82, 2.24) is 0 Å². The van der Waals surface area contributed by atoms with E-state index in [0.717, 1.165) is 10.8 Å². The maximum Gasteiger partial charge on any atom is 0.291 e. The number of furan rings is 1. The highest BCUT2D eigenvalue weighted by atomic mass is 16.3. The molecule has 1 heterocycles. The smallest absolute Gasteiger partial charge is 0.291 e. The van der Waals surface area contributed by atoms with Crippen LogP contribution in [-0.2, 0) is 0 Å². The third-order valence-electron chi connectivity index (χ3n) is 4.17. The molecule has 132 valence electrons. The summed E-state index contributed by atoms with van der Waals surface area (Å²) in [6, 6.07) is 23.7. The molecule has 0 aliphatic heterocycles. The molecule has 0 bridgehead atoms. The molecule has 4 rings (SSSR count). The van der Waals surface area contributed by atoms with E-state index >= 15 is 0 Å². The van der Waals surface area contributed by atoms with E-state index < -0.39 is 5.91 Å². The van der Waals surface area contributed by atoms with Crippen molar-refractivity contribution in [2.24, 2.45) is 0 Å². The molecule has 0 saturated heterocycles. The van der Waals surface area contributed by atoms with Crippen LogP contribution >= 0.6 is 0 Å². The fourth-order valence-electron chi connectivity index (χ4n) is 2.85. The highest BCUT2D eigenvalue weighted by Crippen LogP contribution is 2.22. The van der Waals surface area contributed by atoms with Gasteiger partial charge in [-0.05, 0) is 47.2 Å². The lowest BCUT2D eigenvalue weighted by atomic mass is 10.1. The predicted molar refractivity (Wildman–Crippen MR) is 105 cm³/mol. The Hall–Kier alpha value is -3.86. The van der Waals surface area contributed by atoms with Crippen LogP contribution in [0.5, 0.6) is 0 Å². The van der Waals surface area contributed by atoms with Crippen molar-refractivity contribution >= 4 is 34.0 Å². The Morgan fingerprint density at radius 3 is 2.30 bits per heavy atom. The van der Waals surface area contributed by atoms with Crippen molar-refractivity contribution < 1.29 is 14.0 Å². The van der Waals surface area contributed by atoms with Crippen LogP contribution in [0.15, 0.2) is 89.5 Å². The van der Waals surface area contributed by atoms with Crippen molar-refractivity contribution in [2.75, 3.05) is 10.6 Å². The zero-order valence-corrected chi connectivity index (χ0v) is 14.3. The maximum absolute atomic E-state index is 12.8. The number of benzene rings is 3. The number of rotatable bonds is 4. The number of hydrogen-bond acceptors (Lipinski definition) is 3. The minimum atomic E-state index is -0.411. The minimum Gasteiger partial charge on any atom is -0.459 e. The Morgan fingerprint density at radius 2 is 1.48 bits per heavy atom. The van der Waals surface area contributed by atoms with E-state index in [0.29, 0.717) is 16.9 Å². The number of nitrogens with one attached hydrogen (secondary N) is 2. The van der Waals surface area contributed by atoms with Crippen molar-refractivity contribution in [3.05, 3.63) is 96.4 Å². The highest BCUT2D eigenvalue weighted by molar-refractivity contribution is 6.12. The van der Waals surface area contributed by atoms with Gasteiger partial charge in [0.25, 0.3) is 11.8 Å². The van der Waals surface area contributed by atoms with E-state index in [-0.39, 0.29) is 11.7 Å². The average Bonchev–Trinajstić information content (AvgIpc) is 3.23. The Morgan fingerprint density at radius 1 is 0.704 bits per heavy atom. The molecular formula is C22H16N2O3. The monoisotopic (exact) mass is 356 g/mol. The van der Waals surface area contributed by atoms with E-state index in [1.165, 1.54) is 6.26 Å². The molecule has 0 unspecified atom stereocenters. The summed E-state index contributed by atoms with van der Waals surface area (Å²) in [7, 11) is 0. The molecule has 4 aromatic rings. The van der Waals surface area contributed by atoms with E-state index in [9.17, 15) is 9.59 Å². The first-order valence-electron chi connectivity index (χ1n) is 8.45. The zero-order chi connectivity index (χ0) is 18.6. The Bertz CT molecular complexity index is 1120. The van der Waals surface area contributed by atoms with Crippen LogP contribution in [0.1, 0.15) is 20.9 Å². The van der Waals surface area contributed by atoms with Gasteiger partial charge < -0.3 is 15.1 Å². The predicted octanol–water partition coefficient (Wildman–Crippen LogP) is 4.94. The molecule has 0 aliphatic carbocycles. The van der Waals surface area contributed by atoms with Gasteiger partial charge in [-0.15, -0.1) is 0 Å². The number of carbonyl (C=O) groups excluding carboxylic acids is 2. The summed E-state index contributed by atoms with van der Waals surface area (Å²) in [5, 5.41) is 7.74. The van der Waals surface area contributed by atoms with Crippen LogP contribution in [-0.4, -0.2) is 11.8 Å². The molecule has 2 amide bonds. The first-order chi connectivity index (χ1) is 13.2. The summed E-state index contributed by atoms with van der Waals surface area (Å²) in [5.41, 5.74) is 1.47. The normalized spacial score (nSPS) is 10.5. The van der Waals surface area contributed by atoms with E-state index in [1.54, 1.807) is 36.4 Å². The molecule has 0 radical (unpaired) electrons. The summed E-state index contributed by atoms with van der Waals surface area (Å²) in [6.45, 7) is 0. The molecule has 2 N–H and O–H groups in total. The summed E-state index contributed by atoms with van der Waals surface area (Å²) in [4.78, 5) is 25.0. The van der Waals surface area contributed by atoms with Crippen LogP contribution in [0, 0.1) is 0 Å². The Labute approximate surface area is 155 Å². The van der Waals surface area contributed by atoms with Gasteiger partial charge in [0.2, 0.25) is 0 Å². The van der Waals surface area contributed by atoms with Gasteiger partial charge in [-0.3, -0.25) is 9.59 Å². The number of anilines is 2. The quantitative estimate of drug-likeness (QED) is 0.544. The van der Waals surface area contributed by atoms with Gasteiger partial charge in [0, 0.05) is 5.69 Å². The van der Waals surface area contributed by atoms with Gasteiger partial charge in [-0.25, -0.2) is 0 Å². The topological polar surface area (TPSA) is 71.3 Å². The molecule has 0 saturated carbocycles. The van der Waals surface area contributed by atoms with Crippen molar-refractivity contribution in [1.29, 1.82) is 0 Å². The first-order valence-corrected chi connectivity index (χ1v) is 8.45. The third kappa shape index (κ3) is 3.57. The van der Waals surface area contributed by atoms with Crippen molar-refractivity contribution in [3.63, 3.8) is 0 Å². The average molecular weight is 356 g/mol. The number of fused-ring (bicyclic) bond motifs is 1. The molecule has 0 aliphatic rings. The Balaban J connectivity index is 1.57. The molecule has 0 atom stereocenters. The van der Waals surface area contributed by atoms with E-state index in [1.807, 2.05) is 42.5 Å². The summed E-state index contributed by atoms with van der Waals surface area (Å²) >= 11 is 0. The molecule has 1 aromatic heterocycles. The van der Waals surface area contributed by atoms with Crippen molar-refractivity contribution in [3.8, 4) is 0 Å². The van der Waals surface area contributed by atoms with Crippen LogP contribution in [0.25, 0.3) is 10.8 Å². The number of para-hydroxylation sites is 1. The number of amides is 2. The lowest BCUT2D eigenvalue weighted by molar-refractivity contribution is 0.0996. The van der Waals surface area contributed by atoms with Crippen LogP contribution < -0.4 is 10.6 Å². The van der Waals surface area contributed by atoms with Crippen molar-refractivity contribution in [2.45, 2.75) is 0 Å². The first kappa shape index (κ1) is 16.6. The second-order valence-electron chi connectivity index (χ2n) is 5.99. The second-order valence-corrected chi connectivity index (χ2v) is 5.99. The van der Waals surface area contributed by atoms with Gasteiger partial charge in [0.05, 0.1) is 17.5 Å². The molecule has 3 aromatic carbocycles. The standard InChI is InChI=1S/C22H16N2O3/c25-21(23-17-12-11-15-6-1-2-7-16(15)14-17)18-8-3-4-9-19(18)24-22(26)20-10-5-13-27-20/h1-14H,(H,23,25)(H,24,26).